The fraction of sp³-hybridized carbons (Fsp3) is 0.600. The van der Waals surface area contributed by atoms with Crippen molar-refractivity contribution in [2.45, 2.75) is 37.9 Å². The Morgan fingerprint density at radius 2 is 1.35 bits per heavy atom. The Balaban J connectivity index is 1.42. The average Bonchev–Trinajstić information content (AvgIpc) is 3.16. The van der Waals surface area contributed by atoms with Crippen molar-refractivity contribution < 1.29 is 19.1 Å². The van der Waals surface area contributed by atoms with Crippen molar-refractivity contribution in [3.63, 3.8) is 0 Å². The predicted molar refractivity (Wildman–Crippen MR) is 96.0 cm³/mol. The molecule has 6 nitrogen and oxygen atoms in total. The lowest BCUT2D eigenvalue weighted by Crippen LogP contribution is -2.47. The fourth-order valence-electron chi connectivity index (χ4n) is 4.08. The van der Waals surface area contributed by atoms with Gasteiger partial charge in [-0.1, -0.05) is 6.07 Å². The average molecular weight is 358 g/mol. The number of piperidine rings is 2. The van der Waals surface area contributed by atoms with E-state index in [2.05, 4.69) is 0 Å². The van der Waals surface area contributed by atoms with Crippen LogP contribution in [0.2, 0.25) is 0 Å². The summed E-state index contributed by atoms with van der Waals surface area (Å²) < 4.78 is 11.4. The zero-order valence-corrected chi connectivity index (χ0v) is 15.1. The molecule has 1 aromatic rings. The smallest absolute Gasteiger partial charge is 0.253 e. The molecule has 4 rings (SSSR count). The van der Waals surface area contributed by atoms with Crippen LogP contribution in [0, 0.1) is 0 Å². The summed E-state index contributed by atoms with van der Waals surface area (Å²) >= 11 is 0. The number of ether oxygens (including phenoxy) is 2. The van der Waals surface area contributed by atoms with Crippen LogP contribution in [0.4, 0.5) is 0 Å². The maximum atomic E-state index is 12.9. The standard InChI is InChI=1S/C20H26N2O4/c23-18(21-9-2-1-3-10-21)16-5-4-6-17(15-16)19(24)22-11-7-20(8-12-22)25-13-14-26-20/h4-6,15H,1-3,7-14H2. The number of hydrogen-bond acceptors (Lipinski definition) is 4. The summed E-state index contributed by atoms with van der Waals surface area (Å²) in [5, 5.41) is 0. The first kappa shape index (κ1) is 17.5. The molecule has 0 aromatic heterocycles. The van der Waals surface area contributed by atoms with E-state index in [1.165, 1.54) is 6.42 Å². The third-order valence-corrected chi connectivity index (χ3v) is 5.63. The molecule has 0 bridgehead atoms. The quantitative estimate of drug-likeness (QED) is 0.814. The maximum Gasteiger partial charge on any atom is 0.253 e. The van der Waals surface area contributed by atoms with Gasteiger partial charge in [-0.3, -0.25) is 9.59 Å². The first-order valence-electron chi connectivity index (χ1n) is 9.63. The number of carbonyl (C=O) groups excluding carboxylic acids is 2. The molecular weight excluding hydrogens is 332 g/mol. The first-order valence-corrected chi connectivity index (χ1v) is 9.63. The Kier molecular flexibility index (Phi) is 4.96. The molecule has 0 N–H and O–H groups in total. The molecule has 3 aliphatic heterocycles. The Hall–Kier alpha value is -1.92. The van der Waals surface area contributed by atoms with E-state index in [1.54, 1.807) is 24.3 Å². The highest BCUT2D eigenvalue weighted by molar-refractivity contribution is 5.99. The second kappa shape index (κ2) is 7.37. The molecular formula is C20H26N2O4. The van der Waals surface area contributed by atoms with Crippen molar-refractivity contribution in [2.24, 2.45) is 0 Å². The van der Waals surface area contributed by atoms with E-state index in [0.717, 1.165) is 25.9 Å². The lowest BCUT2D eigenvalue weighted by molar-refractivity contribution is -0.181. The number of hydrogen-bond donors (Lipinski definition) is 0. The van der Waals surface area contributed by atoms with E-state index in [9.17, 15) is 9.59 Å². The van der Waals surface area contributed by atoms with Crippen LogP contribution in [0.5, 0.6) is 0 Å². The third kappa shape index (κ3) is 3.48. The molecule has 3 aliphatic rings. The predicted octanol–water partition coefficient (Wildman–Crippen LogP) is 2.29. The molecule has 2 amide bonds. The minimum atomic E-state index is -0.483. The largest absolute Gasteiger partial charge is 0.347 e. The Morgan fingerprint density at radius 1 is 0.808 bits per heavy atom. The van der Waals surface area contributed by atoms with E-state index >= 15 is 0 Å². The zero-order valence-electron chi connectivity index (χ0n) is 15.1. The summed E-state index contributed by atoms with van der Waals surface area (Å²) in [7, 11) is 0. The number of benzene rings is 1. The van der Waals surface area contributed by atoms with Gasteiger partial charge < -0.3 is 19.3 Å². The normalized spacial score (nSPS) is 22.6. The van der Waals surface area contributed by atoms with E-state index in [0.29, 0.717) is 50.3 Å². The lowest BCUT2D eigenvalue weighted by atomic mass is 10.0. The highest BCUT2D eigenvalue weighted by Crippen LogP contribution is 2.31. The van der Waals surface area contributed by atoms with Gasteiger partial charge in [0.25, 0.3) is 11.8 Å². The second-order valence-corrected chi connectivity index (χ2v) is 7.33. The number of rotatable bonds is 2. The molecule has 3 heterocycles. The van der Waals surface area contributed by atoms with E-state index in [4.69, 9.17) is 9.47 Å². The van der Waals surface area contributed by atoms with Gasteiger partial charge >= 0.3 is 0 Å². The Morgan fingerprint density at radius 3 is 1.92 bits per heavy atom. The minimum Gasteiger partial charge on any atom is -0.347 e. The minimum absolute atomic E-state index is 0.0221. The van der Waals surface area contributed by atoms with Crippen LogP contribution >= 0.6 is 0 Å². The van der Waals surface area contributed by atoms with Crippen LogP contribution in [0.3, 0.4) is 0 Å². The molecule has 6 heteroatoms. The molecule has 0 atom stereocenters. The third-order valence-electron chi connectivity index (χ3n) is 5.63. The van der Waals surface area contributed by atoms with Crippen molar-refractivity contribution in [3.05, 3.63) is 35.4 Å². The van der Waals surface area contributed by atoms with Crippen LogP contribution < -0.4 is 0 Å². The first-order chi connectivity index (χ1) is 12.7. The summed E-state index contributed by atoms with van der Waals surface area (Å²) in [4.78, 5) is 29.3. The van der Waals surface area contributed by atoms with Crippen LogP contribution in [0.1, 0.15) is 52.8 Å². The molecule has 1 spiro atoms. The molecule has 3 fully saturated rings. The van der Waals surface area contributed by atoms with Crippen LogP contribution in [-0.4, -0.2) is 66.8 Å². The van der Waals surface area contributed by atoms with Gasteiger partial charge in [0.05, 0.1) is 13.2 Å². The van der Waals surface area contributed by atoms with Gasteiger partial charge in [0.2, 0.25) is 0 Å². The van der Waals surface area contributed by atoms with Gasteiger partial charge in [-0.2, -0.15) is 0 Å². The maximum absolute atomic E-state index is 12.9. The number of likely N-dealkylation sites (tertiary alicyclic amines) is 2. The molecule has 0 radical (unpaired) electrons. The van der Waals surface area contributed by atoms with Crippen LogP contribution in [0.15, 0.2) is 24.3 Å². The highest BCUT2D eigenvalue weighted by Gasteiger charge is 2.40. The summed E-state index contributed by atoms with van der Waals surface area (Å²) in [6, 6.07) is 7.15. The molecule has 1 aromatic carbocycles. The van der Waals surface area contributed by atoms with Crippen molar-refractivity contribution >= 4 is 11.8 Å². The topological polar surface area (TPSA) is 59.1 Å². The molecule has 26 heavy (non-hydrogen) atoms. The van der Waals surface area contributed by atoms with E-state index < -0.39 is 5.79 Å². The molecule has 140 valence electrons. The summed E-state index contributed by atoms with van der Waals surface area (Å²) in [6.45, 7) is 4.12. The van der Waals surface area contributed by atoms with Crippen LogP contribution in [0.25, 0.3) is 0 Å². The number of amides is 2. The van der Waals surface area contributed by atoms with Crippen molar-refractivity contribution in [1.82, 2.24) is 9.80 Å². The highest BCUT2D eigenvalue weighted by atomic mass is 16.7. The Bertz CT molecular complexity index is 668. The van der Waals surface area contributed by atoms with Gasteiger partial charge in [-0.25, -0.2) is 0 Å². The van der Waals surface area contributed by atoms with E-state index in [-0.39, 0.29) is 11.8 Å². The Labute approximate surface area is 154 Å². The zero-order chi connectivity index (χ0) is 18.0. The summed E-state index contributed by atoms with van der Waals surface area (Å²) in [6.07, 6.45) is 4.70. The van der Waals surface area contributed by atoms with Crippen LogP contribution in [-0.2, 0) is 9.47 Å². The fourth-order valence-corrected chi connectivity index (χ4v) is 4.08. The van der Waals surface area contributed by atoms with E-state index in [1.807, 2.05) is 9.80 Å². The molecule has 0 unspecified atom stereocenters. The summed E-state index contributed by atoms with van der Waals surface area (Å²) in [5.74, 6) is -0.473. The van der Waals surface area contributed by atoms with Gasteiger partial charge in [-0.15, -0.1) is 0 Å². The summed E-state index contributed by atoms with van der Waals surface area (Å²) in [5.41, 5.74) is 1.19. The monoisotopic (exact) mass is 358 g/mol. The molecule has 0 saturated carbocycles. The van der Waals surface area contributed by atoms with Crippen molar-refractivity contribution in [3.8, 4) is 0 Å². The SMILES string of the molecule is O=C(c1cccc(C(=O)N2CCC3(CC2)OCCO3)c1)N1CCCCC1. The van der Waals surface area contributed by atoms with Gasteiger partial charge in [0, 0.05) is 50.1 Å². The lowest BCUT2D eigenvalue weighted by Gasteiger charge is -2.37. The van der Waals surface area contributed by atoms with Gasteiger partial charge in [0.1, 0.15) is 0 Å². The molecule has 0 aliphatic carbocycles. The number of carbonyl (C=O) groups is 2. The van der Waals surface area contributed by atoms with Gasteiger partial charge in [-0.05, 0) is 37.5 Å². The molecule has 3 saturated heterocycles. The van der Waals surface area contributed by atoms with Crippen molar-refractivity contribution in [2.75, 3.05) is 39.4 Å². The number of nitrogens with zero attached hydrogens (tertiary/aromatic N) is 2. The van der Waals surface area contributed by atoms with Crippen molar-refractivity contribution in [1.29, 1.82) is 0 Å². The van der Waals surface area contributed by atoms with Gasteiger partial charge in [0.15, 0.2) is 5.79 Å². The second-order valence-electron chi connectivity index (χ2n) is 7.33.